The number of anilines is 3. The van der Waals surface area contributed by atoms with E-state index in [1.165, 1.54) is 6.07 Å². The highest BCUT2D eigenvalue weighted by Gasteiger charge is 2.33. The third-order valence-electron chi connectivity index (χ3n) is 6.03. The normalized spacial score (nSPS) is 14.1. The Morgan fingerprint density at radius 1 is 1.00 bits per heavy atom. The van der Waals surface area contributed by atoms with E-state index in [1.54, 1.807) is 12.1 Å². The summed E-state index contributed by atoms with van der Waals surface area (Å²) in [6.07, 6.45) is -0.261. The second-order valence-electron chi connectivity index (χ2n) is 8.99. The molecule has 0 radical (unpaired) electrons. The van der Waals surface area contributed by atoms with Crippen molar-refractivity contribution in [2.45, 2.75) is 44.7 Å². The van der Waals surface area contributed by atoms with Crippen molar-refractivity contribution < 1.29 is 18.0 Å². The van der Waals surface area contributed by atoms with Gasteiger partial charge in [0.15, 0.2) is 5.82 Å². The van der Waals surface area contributed by atoms with Gasteiger partial charge in [-0.05, 0) is 55.7 Å². The van der Waals surface area contributed by atoms with Crippen LogP contribution in [0.2, 0.25) is 5.02 Å². The quantitative estimate of drug-likeness (QED) is 0.384. The fraction of sp³-hybridized carbons (Fsp3) is 0.360. The number of urea groups is 1. The molecule has 1 aliphatic carbocycles. The number of nitrogens with one attached hydrogen (secondary N) is 2. The summed E-state index contributed by atoms with van der Waals surface area (Å²) in [7, 11) is 3.74. The molecule has 1 heterocycles. The van der Waals surface area contributed by atoms with Crippen LogP contribution in [-0.4, -0.2) is 35.1 Å². The van der Waals surface area contributed by atoms with Gasteiger partial charge in [0.25, 0.3) is 0 Å². The van der Waals surface area contributed by atoms with Crippen molar-refractivity contribution in [1.29, 1.82) is 0 Å². The molecular weight excluding hydrogens is 493 g/mol. The molecule has 2 amide bonds. The summed E-state index contributed by atoms with van der Waals surface area (Å²) in [5, 5.41) is 4.64. The first-order chi connectivity index (χ1) is 17.0. The maximum atomic E-state index is 13.1. The van der Waals surface area contributed by atoms with Gasteiger partial charge in [-0.2, -0.15) is 23.1 Å². The molecule has 2 aromatic carbocycles. The van der Waals surface area contributed by atoms with E-state index in [0.29, 0.717) is 23.4 Å². The number of carbonyl (C=O) groups is 1. The third kappa shape index (κ3) is 5.87. The van der Waals surface area contributed by atoms with Gasteiger partial charge in [-0.25, -0.2) is 9.78 Å². The van der Waals surface area contributed by atoms with Crippen LogP contribution in [0.4, 0.5) is 35.3 Å². The zero-order valence-corrected chi connectivity index (χ0v) is 20.8. The van der Waals surface area contributed by atoms with Crippen molar-refractivity contribution in [1.82, 2.24) is 15.0 Å². The van der Waals surface area contributed by atoms with Gasteiger partial charge in [0.05, 0.1) is 10.6 Å². The maximum absolute atomic E-state index is 13.1. The Morgan fingerprint density at radius 2 is 1.64 bits per heavy atom. The van der Waals surface area contributed by atoms with Crippen LogP contribution in [0.1, 0.15) is 48.6 Å². The minimum atomic E-state index is -4.63. The standard InChI is InChI=1S/C25H26ClF3N6O/c1-14-8-9-16(30-24(36)31-17-10-11-20(26)19(13-17)25(27,28)29)12-18(14)22-32-21(15-6-4-5-7-15)33-23(34-22)35(2)3/h8-13,15H,4-7H2,1-3H3,(H2,30,31,36). The molecule has 0 saturated heterocycles. The minimum Gasteiger partial charge on any atom is -0.347 e. The molecule has 36 heavy (non-hydrogen) atoms. The molecule has 0 atom stereocenters. The Bertz CT molecular complexity index is 1280. The van der Waals surface area contributed by atoms with E-state index in [9.17, 15) is 18.0 Å². The minimum absolute atomic E-state index is 0.0362. The number of halogens is 4. The maximum Gasteiger partial charge on any atom is 0.417 e. The Morgan fingerprint density at radius 3 is 2.28 bits per heavy atom. The summed E-state index contributed by atoms with van der Waals surface area (Å²) in [6.45, 7) is 1.92. The van der Waals surface area contributed by atoms with E-state index in [0.717, 1.165) is 54.8 Å². The number of hydrogen-bond donors (Lipinski definition) is 2. The molecule has 1 saturated carbocycles. The van der Waals surface area contributed by atoms with Gasteiger partial charge < -0.3 is 15.5 Å². The molecule has 0 spiro atoms. The van der Waals surface area contributed by atoms with Crippen LogP contribution in [0.5, 0.6) is 0 Å². The SMILES string of the molecule is Cc1ccc(NC(=O)Nc2ccc(Cl)c(C(F)(F)F)c2)cc1-c1nc(C2CCCC2)nc(N(C)C)n1. The van der Waals surface area contributed by atoms with Crippen LogP contribution >= 0.6 is 11.6 Å². The van der Waals surface area contributed by atoms with Crippen LogP contribution in [0.3, 0.4) is 0 Å². The van der Waals surface area contributed by atoms with E-state index in [4.69, 9.17) is 16.6 Å². The number of hydrogen-bond acceptors (Lipinski definition) is 5. The topological polar surface area (TPSA) is 83.0 Å². The average molecular weight is 519 g/mol. The lowest BCUT2D eigenvalue weighted by Crippen LogP contribution is -2.20. The third-order valence-corrected chi connectivity index (χ3v) is 6.36. The lowest BCUT2D eigenvalue weighted by atomic mass is 10.1. The van der Waals surface area contributed by atoms with Crippen LogP contribution in [-0.2, 0) is 6.18 Å². The van der Waals surface area contributed by atoms with E-state index in [1.807, 2.05) is 32.0 Å². The molecule has 190 valence electrons. The summed E-state index contributed by atoms with van der Waals surface area (Å²) in [4.78, 5) is 28.4. The highest BCUT2D eigenvalue weighted by atomic mass is 35.5. The fourth-order valence-corrected chi connectivity index (χ4v) is 4.35. The van der Waals surface area contributed by atoms with Crippen LogP contribution in [0.15, 0.2) is 36.4 Å². The van der Waals surface area contributed by atoms with Crippen LogP contribution in [0, 0.1) is 6.92 Å². The van der Waals surface area contributed by atoms with Crippen molar-refractivity contribution in [3.8, 4) is 11.4 Å². The molecule has 0 unspecified atom stereocenters. The lowest BCUT2D eigenvalue weighted by molar-refractivity contribution is -0.137. The van der Waals surface area contributed by atoms with Crippen molar-refractivity contribution in [2.75, 3.05) is 29.6 Å². The molecule has 1 aliphatic rings. The summed E-state index contributed by atoms with van der Waals surface area (Å²) in [5.41, 5.74) is 1.01. The number of aryl methyl sites for hydroxylation is 1. The summed E-state index contributed by atoms with van der Waals surface area (Å²) < 4.78 is 39.4. The molecular formula is C25H26ClF3N6O. The van der Waals surface area contributed by atoms with Gasteiger partial charge in [0.1, 0.15) is 5.82 Å². The number of benzene rings is 2. The van der Waals surface area contributed by atoms with E-state index in [-0.39, 0.29) is 5.69 Å². The first-order valence-corrected chi connectivity index (χ1v) is 11.9. The predicted octanol–water partition coefficient (Wildman–Crippen LogP) is 6.89. The molecule has 3 aromatic rings. The van der Waals surface area contributed by atoms with E-state index < -0.39 is 22.8 Å². The highest BCUT2D eigenvalue weighted by Crippen LogP contribution is 2.36. The van der Waals surface area contributed by atoms with Gasteiger partial charge in [-0.15, -0.1) is 0 Å². The molecule has 0 aliphatic heterocycles. The molecule has 11 heteroatoms. The monoisotopic (exact) mass is 518 g/mol. The smallest absolute Gasteiger partial charge is 0.347 e. The van der Waals surface area contributed by atoms with Crippen LogP contribution in [0.25, 0.3) is 11.4 Å². The van der Waals surface area contributed by atoms with Gasteiger partial charge in [0, 0.05) is 37.0 Å². The van der Waals surface area contributed by atoms with Crippen molar-refractivity contribution in [2.24, 2.45) is 0 Å². The molecule has 1 fully saturated rings. The lowest BCUT2D eigenvalue weighted by Gasteiger charge is -2.17. The van der Waals surface area contributed by atoms with Crippen molar-refractivity contribution in [3.63, 3.8) is 0 Å². The first-order valence-electron chi connectivity index (χ1n) is 11.5. The van der Waals surface area contributed by atoms with Gasteiger partial charge in [-0.1, -0.05) is 30.5 Å². The number of carbonyl (C=O) groups excluding carboxylic acids is 1. The van der Waals surface area contributed by atoms with Crippen molar-refractivity contribution in [3.05, 3.63) is 58.4 Å². The number of rotatable bonds is 5. The van der Waals surface area contributed by atoms with E-state index >= 15 is 0 Å². The molecule has 4 rings (SSSR count). The summed E-state index contributed by atoms with van der Waals surface area (Å²) >= 11 is 5.65. The van der Waals surface area contributed by atoms with Crippen molar-refractivity contribution >= 4 is 35.0 Å². The first kappa shape index (κ1) is 25.7. The largest absolute Gasteiger partial charge is 0.417 e. The number of amides is 2. The van der Waals surface area contributed by atoms with Gasteiger partial charge >= 0.3 is 12.2 Å². The van der Waals surface area contributed by atoms with E-state index in [2.05, 4.69) is 20.6 Å². The number of aromatic nitrogens is 3. The van der Waals surface area contributed by atoms with Gasteiger partial charge in [-0.3, -0.25) is 0 Å². The zero-order chi connectivity index (χ0) is 26.0. The second-order valence-corrected chi connectivity index (χ2v) is 9.40. The zero-order valence-electron chi connectivity index (χ0n) is 20.1. The second kappa shape index (κ2) is 10.3. The molecule has 0 bridgehead atoms. The Hall–Kier alpha value is -3.40. The predicted molar refractivity (Wildman–Crippen MR) is 135 cm³/mol. The Kier molecular flexibility index (Phi) is 7.35. The average Bonchev–Trinajstić information content (AvgIpc) is 3.35. The van der Waals surface area contributed by atoms with Gasteiger partial charge in [0.2, 0.25) is 5.95 Å². The molecule has 2 N–H and O–H groups in total. The Labute approximate surface area is 212 Å². The molecule has 7 nitrogen and oxygen atoms in total. The summed E-state index contributed by atoms with van der Waals surface area (Å²) in [6, 6.07) is 7.75. The number of nitrogens with zero attached hydrogens (tertiary/aromatic N) is 4. The molecule has 1 aromatic heterocycles. The highest BCUT2D eigenvalue weighted by molar-refractivity contribution is 6.31. The number of alkyl halides is 3. The Balaban J connectivity index is 1.59. The fourth-order valence-electron chi connectivity index (χ4n) is 4.12. The summed E-state index contributed by atoms with van der Waals surface area (Å²) in [5.74, 6) is 2.11. The van der Waals surface area contributed by atoms with Crippen LogP contribution < -0.4 is 15.5 Å².